The van der Waals surface area contributed by atoms with E-state index in [0.29, 0.717) is 5.91 Å². The largest absolute Gasteiger partial charge is 0.335 e. The standard InChI is InChI=1S/C22H27NO/c1-4-22(16-20-13-9-8-10-17(20)2)14-15-23(21(22)24)18(3)19-11-6-5-7-12-19/h5-13,18H,4,14-16H2,1-3H3/t18-,22-/m1/s1. The molecule has 2 atom stereocenters. The fourth-order valence-corrected chi connectivity index (χ4v) is 3.92. The van der Waals surface area contributed by atoms with Crippen LogP contribution in [0.25, 0.3) is 0 Å². The lowest BCUT2D eigenvalue weighted by Gasteiger charge is -2.30. The second kappa shape index (κ2) is 6.80. The minimum atomic E-state index is -0.241. The zero-order chi connectivity index (χ0) is 17.2. The lowest BCUT2D eigenvalue weighted by atomic mass is 9.77. The molecule has 126 valence electrons. The van der Waals surface area contributed by atoms with Crippen LogP contribution in [-0.2, 0) is 11.2 Å². The molecule has 0 radical (unpaired) electrons. The molecule has 3 rings (SSSR count). The molecule has 2 aromatic rings. The molecule has 1 saturated heterocycles. The van der Waals surface area contributed by atoms with Crippen molar-refractivity contribution in [3.8, 4) is 0 Å². The van der Waals surface area contributed by atoms with E-state index in [1.54, 1.807) is 0 Å². The number of hydrogen-bond acceptors (Lipinski definition) is 1. The number of amides is 1. The molecule has 1 aliphatic heterocycles. The van der Waals surface area contributed by atoms with Crippen molar-refractivity contribution in [3.63, 3.8) is 0 Å². The van der Waals surface area contributed by atoms with Crippen LogP contribution in [0.4, 0.5) is 0 Å². The molecule has 0 saturated carbocycles. The van der Waals surface area contributed by atoms with Gasteiger partial charge in [-0.05, 0) is 49.8 Å². The van der Waals surface area contributed by atoms with Crippen molar-refractivity contribution in [1.29, 1.82) is 0 Å². The first-order valence-corrected chi connectivity index (χ1v) is 8.98. The molecule has 0 aromatic heterocycles. The van der Waals surface area contributed by atoms with Crippen molar-refractivity contribution in [2.75, 3.05) is 6.54 Å². The highest BCUT2D eigenvalue weighted by molar-refractivity contribution is 5.85. The van der Waals surface area contributed by atoms with E-state index in [4.69, 9.17) is 0 Å². The van der Waals surface area contributed by atoms with E-state index < -0.39 is 0 Å². The fourth-order valence-electron chi connectivity index (χ4n) is 3.92. The molecule has 2 nitrogen and oxygen atoms in total. The van der Waals surface area contributed by atoms with Gasteiger partial charge in [0, 0.05) is 6.54 Å². The summed E-state index contributed by atoms with van der Waals surface area (Å²) in [6.07, 6.45) is 2.71. The third-order valence-electron chi connectivity index (χ3n) is 5.76. The molecule has 2 aromatic carbocycles. The number of carbonyl (C=O) groups excluding carboxylic acids is 1. The zero-order valence-corrected chi connectivity index (χ0v) is 15.0. The summed E-state index contributed by atoms with van der Waals surface area (Å²) in [5, 5.41) is 0. The van der Waals surface area contributed by atoms with Gasteiger partial charge in [0.2, 0.25) is 5.91 Å². The predicted molar refractivity (Wildman–Crippen MR) is 98.8 cm³/mol. The van der Waals surface area contributed by atoms with Gasteiger partial charge in [-0.3, -0.25) is 4.79 Å². The van der Waals surface area contributed by atoms with Crippen molar-refractivity contribution < 1.29 is 4.79 Å². The van der Waals surface area contributed by atoms with E-state index in [1.165, 1.54) is 16.7 Å². The van der Waals surface area contributed by atoms with E-state index in [-0.39, 0.29) is 11.5 Å². The number of nitrogens with zero attached hydrogens (tertiary/aromatic N) is 1. The number of hydrogen-bond donors (Lipinski definition) is 0. The van der Waals surface area contributed by atoms with Crippen molar-refractivity contribution in [3.05, 3.63) is 71.3 Å². The maximum absolute atomic E-state index is 13.3. The van der Waals surface area contributed by atoms with E-state index in [1.807, 2.05) is 18.2 Å². The third kappa shape index (κ3) is 2.98. The maximum Gasteiger partial charge on any atom is 0.229 e. The third-order valence-corrected chi connectivity index (χ3v) is 5.76. The summed E-state index contributed by atoms with van der Waals surface area (Å²) in [5.41, 5.74) is 3.57. The molecule has 2 heteroatoms. The summed E-state index contributed by atoms with van der Waals surface area (Å²) in [4.78, 5) is 15.4. The Hall–Kier alpha value is -2.09. The number of likely N-dealkylation sites (tertiary alicyclic amines) is 1. The van der Waals surface area contributed by atoms with E-state index in [0.717, 1.165) is 25.8 Å². The minimum Gasteiger partial charge on any atom is -0.335 e. The Kier molecular flexibility index (Phi) is 4.75. The summed E-state index contributed by atoms with van der Waals surface area (Å²) in [7, 11) is 0. The summed E-state index contributed by atoms with van der Waals surface area (Å²) in [6.45, 7) is 7.30. The van der Waals surface area contributed by atoms with Crippen LogP contribution in [0.1, 0.15) is 49.4 Å². The Morgan fingerprint density at radius 1 is 1.08 bits per heavy atom. The lowest BCUT2D eigenvalue weighted by molar-refractivity contribution is -0.138. The van der Waals surface area contributed by atoms with Crippen molar-refractivity contribution in [1.82, 2.24) is 4.90 Å². The Morgan fingerprint density at radius 2 is 1.75 bits per heavy atom. The molecule has 0 spiro atoms. The van der Waals surface area contributed by atoms with Gasteiger partial charge in [-0.2, -0.15) is 0 Å². The van der Waals surface area contributed by atoms with Gasteiger partial charge >= 0.3 is 0 Å². The molecule has 1 fully saturated rings. The first-order valence-electron chi connectivity index (χ1n) is 8.98. The highest BCUT2D eigenvalue weighted by Gasteiger charge is 2.46. The Balaban J connectivity index is 1.84. The van der Waals surface area contributed by atoms with Gasteiger partial charge in [0.05, 0.1) is 11.5 Å². The van der Waals surface area contributed by atoms with Gasteiger partial charge in [0.1, 0.15) is 0 Å². The van der Waals surface area contributed by atoms with Crippen LogP contribution in [0.15, 0.2) is 54.6 Å². The molecule has 1 heterocycles. The van der Waals surface area contributed by atoms with Crippen LogP contribution in [0.3, 0.4) is 0 Å². The van der Waals surface area contributed by atoms with Crippen molar-refractivity contribution >= 4 is 5.91 Å². The topological polar surface area (TPSA) is 20.3 Å². The van der Waals surface area contributed by atoms with Gasteiger partial charge < -0.3 is 4.90 Å². The van der Waals surface area contributed by atoms with E-state index >= 15 is 0 Å². The molecule has 0 aliphatic carbocycles. The SMILES string of the molecule is CC[C@]1(Cc2ccccc2C)CCN([C@H](C)c2ccccc2)C1=O. The molecule has 0 unspecified atom stereocenters. The van der Waals surface area contributed by atoms with Crippen LogP contribution in [0.2, 0.25) is 0 Å². The van der Waals surface area contributed by atoms with Gasteiger partial charge in [-0.1, -0.05) is 61.5 Å². The fraction of sp³-hybridized carbons (Fsp3) is 0.409. The smallest absolute Gasteiger partial charge is 0.229 e. The quantitative estimate of drug-likeness (QED) is 0.765. The Labute approximate surface area is 145 Å². The van der Waals surface area contributed by atoms with Crippen LogP contribution >= 0.6 is 0 Å². The second-order valence-electron chi connectivity index (χ2n) is 7.07. The molecule has 0 N–H and O–H groups in total. The van der Waals surface area contributed by atoms with Gasteiger partial charge in [-0.15, -0.1) is 0 Å². The summed E-state index contributed by atoms with van der Waals surface area (Å²) in [5.74, 6) is 0.324. The molecule has 0 bridgehead atoms. The number of benzene rings is 2. The first-order chi connectivity index (χ1) is 11.6. The monoisotopic (exact) mass is 321 g/mol. The zero-order valence-electron chi connectivity index (χ0n) is 15.0. The summed E-state index contributed by atoms with van der Waals surface area (Å²) < 4.78 is 0. The van der Waals surface area contributed by atoms with Gasteiger partial charge in [0.15, 0.2) is 0 Å². The number of carbonyl (C=O) groups is 1. The average Bonchev–Trinajstić information content (AvgIpc) is 2.94. The van der Waals surface area contributed by atoms with Crippen molar-refractivity contribution in [2.24, 2.45) is 5.41 Å². The summed E-state index contributed by atoms with van der Waals surface area (Å²) in [6, 6.07) is 19.0. The Bertz CT molecular complexity index is 709. The molecular weight excluding hydrogens is 294 g/mol. The highest BCUT2D eigenvalue weighted by Crippen LogP contribution is 2.42. The number of rotatable bonds is 5. The second-order valence-corrected chi connectivity index (χ2v) is 7.07. The normalized spacial score (nSPS) is 22.0. The predicted octanol–water partition coefficient (Wildman–Crippen LogP) is 4.93. The molecule has 1 amide bonds. The van der Waals surface area contributed by atoms with E-state index in [2.05, 4.69) is 62.1 Å². The first kappa shape index (κ1) is 16.8. The molecular formula is C22H27NO. The van der Waals surface area contributed by atoms with Crippen LogP contribution in [0, 0.1) is 12.3 Å². The highest BCUT2D eigenvalue weighted by atomic mass is 16.2. The van der Waals surface area contributed by atoms with Crippen molar-refractivity contribution in [2.45, 2.75) is 46.1 Å². The lowest BCUT2D eigenvalue weighted by Crippen LogP contribution is -2.37. The van der Waals surface area contributed by atoms with E-state index in [9.17, 15) is 4.79 Å². The van der Waals surface area contributed by atoms with Gasteiger partial charge in [-0.25, -0.2) is 0 Å². The van der Waals surface area contributed by atoms with Crippen LogP contribution < -0.4 is 0 Å². The summed E-state index contributed by atoms with van der Waals surface area (Å²) >= 11 is 0. The number of aryl methyl sites for hydroxylation is 1. The average molecular weight is 321 g/mol. The van der Waals surface area contributed by atoms with Gasteiger partial charge in [0.25, 0.3) is 0 Å². The van der Waals surface area contributed by atoms with Crippen LogP contribution in [0.5, 0.6) is 0 Å². The molecule has 24 heavy (non-hydrogen) atoms. The minimum absolute atomic E-state index is 0.143. The Morgan fingerprint density at radius 3 is 2.42 bits per heavy atom. The molecule has 1 aliphatic rings. The van der Waals surface area contributed by atoms with Crippen LogP contribution in [-0.4, -0.2) is 17.4 Å². The maximum atomic E-state index is 13.3.